The van der Waals surface area contributed by atoms with Gasteiger partial charge in [-0.2, -0.15) is 0 Å². The third-order valence-corrected chi connectivity index (χ3v) is 3.94. The first-order valence-corrected chi connectivity index (χ1v) is 7.39. The summed E-state index contributed by atoms with van der Waals surface area (Å²) in [7, 11) is 0. The zero-order valence-electron chi connectivity index (χ0n) is 11.7. The maximum absolute atomic E-state index is 12.0. The van der Waals surface area contributed by atoms with Gasteiger partial charge in [0.25, 0.3) is 0 Å². The molecule has 0 bridgehead atoms. The second-order valence-electron chi connectivity index (χ2n) is 5.28. The van der Waals surface area contributed by atoms with Gasteiger partial charge >= 0.3 is 0 Å². The van der Waals surface area contributed by atoms with Gasteiger partial charge in [-0.05, 0) is 50.3 Å². The Balaban J connectivity index is 1.91. The number of carbonyl (C=O) groups excluding carboxylic acids is 1. The monoisotopic (exact) mass is 293 g/mol. The highest BCUT2D eigenvalue weighted by atomic mass is 35.5. The number of benzene rings is 1. The number of allylic oxidation sites excluding steroid dienone is 1. The summed E-state index contributed by atoms with van der Waals surface area (Å²) in [6, 6.07) is 4.94. The van der Waals surface area contributed by atoms with Gasteiger partial charge in [-0.25, -0.2) is 0 Å². The Morgan fingerprint density at radius 2 is 2.25 bits per heavy atom. The fourth-order valence-corrected chi connectivity index (χ4v) is 2.69. The molecule has 2 N–H and O–H groups in total. The van der Waals surface area contributed by atoms with Gasteiger partial charge in [0.1, 0.15) is 5.75 Å². The largest absolute Gasteiger partial charge is 0.506 e. The van der Waals surface area contributed by atoms with Crippen molar-refractivity contribution in [3.8, 4) is 5.75 Å². The van der Waals surface area contributed by atoms with E-state index < -0.39 is 0 Å². The zero-order chi connectivity index (χ0) is 14.5. The summed E-state index contributed by atoms with van der Waals surface area (Å²) in [6.07, 6.45) is 7.16. The summed E-state index contributed by atoms with van der Waals surface area (Å²) in [5.41, 5.74) is 2.13. The maximum atomic E-state index is 12.0. The highest BCUT2D eigenvalue weighted by Gasteiger charge is 2.14. The van der Waals surface area contributed by atoms with Crippen LogP contribution in [0.1, 0.15) is 38.2 Å². The first kappa shape index (κ1) is 14.9. The summed E-state index contributed by atoms with van der Waals surface area (Å²) >= 11 is 5.83. The number of hydrogen-bond donors (Lipinski definition) is 2. The Morgan fingerprint density at radius 3 is 2.90 bits per heavy atom. The molecule has 0 aromatic heterocycles. The minimum Gasteiger partial charge on any atom is -0.506 e. The first-order valence-electron chi connectivity index (χ1n) is 7.02. The topological polar surface area (TPSA) is 49.3 Å². The third-order valence-electron chi connectivity index (χ3n) is 3.64. The second-order valence-corrected chi connectivity index (χ2v) is 5.68. The van der Waals surface area contributed by atoms with Crippen LogP contribution in [0.2, 0.25) is 5.02 Å². The van der Waals surface area contributed by atoms with Crippen molar-refractivity contribution in [3.05, 3.63) is 40.4 Å². The van der Waals surface area contributed by atoms with Gasteiger partial charge in [0.15, 0.2) is 0 Å². The van der Waals surface area contributed by atoms with E-state index in [1.54, 1.807) is 12.1 Å². The Morgan fingerprint density at radius 1 is 1.45 bits per heavy atom. The van der Waals surface area contributed by atoms with Gasteiger partial charge in [0, 0.05) is 6.04 Å². The number of carbonyl (C=O) groups is 1. The van der Waals surface area contributed by atoms with E-state index in [0.717, 1.165) is 18.4 Å². The Kier molecular flexibility index (Phi) is 5.07. The lowest BCUT2D eigenvalue weighted by Crippen LogP contribution is -2.35. The molecule has 1 aliphatic rings. The molecule has 1 aromatic carbocycles. The summed E-state index contributed by atoms with van der Waals surface area (Å²) in [4.78, 5) is 12.0. The molecule has 108 valence electrons. The van der Waals surface area contributed by atoms with Crippen LogP contribution in [0.3, 0.4) is 0 Å². The fourth-order valence-electron chi connectivity index (χ4n) is 2.49. The molecular weight excluding hydrogens is 274 g/mol. The standard InChI is InChI=1S/C16H20ClNO2/c1-11(13-5-3-2-4-6-13)18-16(20)10-12-7-8-15(19)14(17)9-12/h5,7-9,11,19H,2-4,6,10H2,1H3,(H,18,20). The van der Waals surface area contributed by atoms with Gasteiger partial charge in [-0.3, -0.25) is 4.79 Å². The molecule has 1 amide bonds. The van der Waals surface area contributed by atoms with Crippen LogP contribution in [0.4, 0.5) is 0 Å². The third kappa shape index (κ3) is 4.01. The van der Waals surface area contributed by atoms with Crippen LogP contribution in [0.5, 0.6) is 5.75 Å². The van der Waals surface area contributed by atoms with E-state index in [4.69, 9.17) is 11.6 Å². The molecule has 0 aliphatic heterocycles. The molecule has 3 nitrogen and oxygen atoms in total. The van der Waals surface area contributed by atoms with E-state index >= 15 is 0 Å². The minimum atomic E-state index is -0.0225. The summed E-state index contributed by atoms with van der Waals surface area (Å²) in [6.45, 7) is 2.03. The second kappa shape index (κ2) is 6.80. The highest BCUT2D eigenvalue weighted by molar-refractivity contribution is 6.32. The summed E-state index contributed by atoms with van der Waals surface area (Å²) in [5.74, 6) is 0.0160. The number of amides is 1. The number of halogens is 1. The van der Waals surface area contributed by atoms with Crippen molar-refractivity contribution in [2.75, 3.05) is 0 Å². The van der Waals surface area contributed by atoms with E-state index in [1.807, 2.05) is 6.92 Å². The quantitative estimate of drug-likeness (QED) is 0.834. The molecule has 1 aromatic rings. The van der Waals surface area contributed by atoms with Crippen molar-refractivity contribution in [2.45, 2.75) is 45.1 Å². The van der Waals surface area contributed by atoms with Crippen molar-refractivity contribution >= 4 is 17.5 Å². The lowest BCUT2D eigenvalue weighted by molar-refractivity contribution is -0.120. The molecule has 1 unspecified atom stereocenters. The van der Waals surface area contributed by atoms with Crippen molar-refractivity contribution in [3.63, 3.8) is 0 Å². The molecule has 2 rings (SSSR count). The van der Waals surface area contributed by atoms with E-state index in [9.17, 15) is 9.90 Å². The van der Waals surface area contributed by atoms with Gasteiger partial charge in [-0.15, -0.1) is 0 Å². The summed E-state index contributed by atoms with van der Waals surface area (Å²) < 4.78 is 0. The molecule has 0 saturated carbocycles. The van der Waals surface area contributed by atoms with Gasteiger partial charge in [-0.1, -0.05) is 29.3 Å². The Hall–Kier alpha value is -1.48. The van der Waals surface area contributed by atoms with E-state index in [2.05, 4.69) is 11.4 Å². The van der Waals surface area contributed by atoms with Crippen LogP contribution in [0.25, 0.3) is 0 Å². The first-order chi connectivity index (χ1) is 9.56. The number of nitrogens with one attached hydrogen (secondary N) is 1. The average Bonchev–Trinajstić information content (AvgIpc) is 2.44. The fraction of sp³-hybridized carbons (Fsp3) is 0.438. The smallest absolute Gasteiger partial charge is 0.224 e. The van der Waals surface area contributed by atoms with E-state index in [-0.39, 0.29) is 29.1 Å². The van der Waals surface area contributed by atoms with Crippen molar-refractivity contribution in [2.24, 2.45) is 0 Å². The lowest BCUT2D eigenvalue weighted by Gasteiger charge is -2.21. The molecule has 0 heterocycles. The number of phenolic OH excluding ortho intramolecular Hbond substituents is 1. The Labute approximate surface area is 124 Å². The average molecular weight is 294 g/mol. The van der Waals surface area contributed by atoms with E-state index in [1.165, 1.54) is 24.5 Å². The zero-order valence-corrected chi connectivity index (χ0v) is 12.4. The predicted octanol–water partition coefficient (Wildman–Crippen LogP) is 3.59. The normalized spacial score (nSPS) is 16.4. The molecule has 0 saturated heterocycles. The molecule has 0 spiro atoms. The molecule has 1 atom stereocenters. The van der Waals surface area contributed by atoms with Gasteiger partial charge < -0.3 is 10.4 Å². The SMILES string of the molecule is CC(NC(=O)Cc1ccc(O)c(Cl)c1)C1=CCCCC1. The molecule has 4 heteroatoms. The summed E-state index contributed by atoms with van der Waals surface area (Å²) in [5, 5.41) is 12.6. The van der Waals surface area contributed by atoms with Crippen LogP contribution in [0.15, 0.2) is 29.8 Å². The molecular formula is C16H20ClNO2. The Bertz CT molecular complexity index is 525. The molecule has 1 aliphatic carbocycles. The lowest BCUT2D eigenvalue weighted by atomic mass is 9.94. The van der Waals surface area contributed by atoms with Gasteiger partial charge in [0.05, 0.1) is 11.4 Å². The van der Waals surface area contributed by atoms with Crippen LogP contribution < -0.4 is 5.32 Å². The number of phenols is 1. The van der Waals surface area contributed by atoms with Crippen molar-refractivity contribution < 1.29 is 9.90 Å². The number of rotatable bonds is 4. The van der Waals surface area contributed by atoms with Crippen LogP contribution in [-0.4, -0.2) is 17.1 Å². The number of hydrogen-bond acceptors (Lipinski definition) is 2. The van der Waals surface area contributed by atoms with Crippen LogP contribution in [0, 0.1) is 0 Å². The minimum absolute atomic E-state index is 0.0225. The van der Waals surface area contributed by atoms with Crippen LogP contribution in [-0.2, 0) is 11.2 Å². The number of aromatic hydroxyl groups is 1. The molecule has 0 radical (unpaired) electrons. The van der Waals surface area contributed by atoms with Crippen molar-refractivity contribution in [1.29, 1.82) is 0 Å². The molecule has 20 heavy (non-hydrogen) atoms. The maximum Gasteiger partial charge on any atom is 0.224 e. The van der Waals surface area contributed by atoms with E-state index in [0.29, 0.717) is 0 Å². The highest BCUT2D eigenvalue weighted by Crippen LogP contribution is 2.24. The van der Waals surface area contributed by atoms with Crippen molar-refractivity contribution in [1.82, 2.24) is 5.32 Å². The van der Waals surface area contributed by atoms with Gasteiger partial charge in [0.2, 0.25) is 5.91 Å². The van der Waals surface area contributed by atoms with Crippen LogP contribution >= 0.6 is 11.6 Å². The molecule has 0 fully saturated rings. The predicted molar refractivity (Wildman–Crippen MR) is 81.0 cm³/mol.